The van der Waals surface area contributed by atoms with E-state index in [0.717, 1.165) is 25.4 Å². The molecule has 1 aliphatic heterocycles. The van der Waals surface area contributed by atoms with Crippen LogP contribution in [0.15, 0.2) is 10.6 Å². The number of piperidine rings is 1. The molecule has 1 unspecified atom stereocenters. The van der Waals surface area contributed by atoms with E-state index < -0.39 is 0 Å². The highest BCUT2D eigenvalue weighted by Crippen LogP contribution is 2.30. The quantitative estimate of drug-likeness (QED) is 0.805. The van der Waals surface area contributed by atoms with Gasteiger partial charge in [0.05, 0.1) is 18.7 Å². The van der Waals surface area contributed by atoms with Gasteiger partial charge in [-0.25, -0.2) is 4.98 Å². The van der Waals surface area contributed by atoms with E-state index in [2.05, 4.69) is 16.8 Å². The molecule has 2 rings (SSSR count). The maximum Gasteiger partial charge on any atom is 0.211 e. The molecule has 0 amide bonds. The van der Waals surface area contributed by atoms with Crippen molar-refractivity contribution in [3.05, 3.63) is 17.8 Å². The summed E-state index contributed by atoms with van der Waals surface area (Å²) >= 11 is 0. The molecule has 4 heteroatoms. The molecule has 0 N–H and O–H groups in total. The molecule has 17 heavy (non-hydrogen) atoms. The first-order chi connectivity index (χ1) is 8.20. The van der Waals surface area contributed by atoms with E-state index in [1.165, 1.54) is 12.8 Å². The molecule has 0 aliphatic carbocycles. The Morgan fingerprint density at radius 2 is 2.41 bits per heavy atom. The number of ketones is 1. The number of aromatic nitrogens is 1. The zero-order chi connectivity index (χ0) is 12.3. The Kier molecular flexibility index (Phi) is 3.94. The van der Waals surface area contributed by atoms with Gasteiger partial charge in [-0.15, -0.1) is 0 Å². The number of nitrogens with zero attached hydrogens (tertiary/aromatic N) is 2. The van der Waals surface area contributed by atoms with Gasteiger partial charge in [0.1, 0.15) is 11.5 Å². The highest BCUT2D eigenvalue weighted by atomic mass is 16.4. The number of hydrogen-bond acceptors (Lipinski definition) is 4. The van der Waals surface area contributed by atoms with Crippen LogP contribution in [-0.4, -0.2) is 28.8 Å². The highest BCUT2D eigenvalue weighted by Gasteiger charge is 2.26. The molecule has 2 heterocycles. The molecule has 1 fully saturated rings. The van der Waals surface area contributed by atoms with Crippen LogP contribution >= 0.6 is 0 Å². The van der Waals surface area contributed by atoms with E-state index in [-0.39, 0.29) is 5.78 Å². The summed E-state index contributed by atoms with van der Waals surface area (Å²) in [4.78, 5) is 17.7. The van der Waals surface area contributed by atoms with E-state index in [4.69, 9.17) is 4.42 Å². The second-order valence-electron chi connectivity index (χ2n) is 4.68. The molecular weight excluding hydrogens is 216 g/mol. The van der Waals surface area contributed by atoms with Crippen LogP contribution in [-0.2, 0) is 11.2 Å². The molecule has 1 aromatic rings. The largest absolute Gasteiger partial charge is 0.444 e. The lowest BCUT2D eigenvalue weighted by Gasteiger charge is -2.32. The van der Waals surface area contributed by atoms with Crippen LogP contribution in [0.1, 0.15) is 50.8 Å². The Bertz CT molecular complexity index is 387. The molecule has 0 radical (unpaired) electrons. The molecule has 0 saturated carbocycles. The predicted molar refractivity (Wildman–Crippen MR) is 64.7 cm³/mol. The first kappa shape index (κ1) is 12.3. The summed E-state index contributed by atoms with van der Waals surface area (Å²) in [5, 5.41) is 0. The molecule has 1 aliphatic rings. The Morgan fingerprint density at radius 1 is 1.59 bits per heavy atom. The van der Waals surface area contributed by atoms with Crippen LogP contribution in [0.2, 0.25) is 0 Å². The van der Waals surface area contributed by atoms with Crippen molar-refractivity contribution in [2.24, 2.45) is 0 Å². The third-order valence-electron chi connectivity index (χ3n) is 3.30. The number of oxazole rings is 1. The summed E-state index contributed by atoms with van der Waals surface area (Å²) in [5.74, 6) is 1.58. The zero-order valence-corrected chi connectivity index (χ0v) is 10.6. The van der Waals surface area contributed by atoms with Crippen molar-refractivity contribution in [3.63, 3.8) is 0 Å². The van der Waals surface area contributed by atoms with Crippen LogP contribution in [0.4, 0.5) is 0 Å². The van der Waals surface area contributed by atoms with Gasteiger partial charge >= 0.3 is 0 Å². The fourth-order valence-electron chi connectivity index (χ4n) is 2.45. The van der Waals surface area contributed by atoms with Crippen LogP contribution in [0.25, 0.3) is 0 Å². The lowest BCUT2D eigenvalue weighted by Crippen LogP contribution is -2.33. The minimum absolute atomic E-state index is 0.115. The molecule has 0 aromatic carbocycles. The standard InChI is InChI=1S/C13H20N2O2/c1-3-15-7-5-4-6-12(15)13-14-9-11(17-13)8-10(2)16/h9,12H,3-8H2,1-2H3. The van der Waals surface area contributed by atoms with Gasteiger partial charge in [-0.2, -0.15) is 0 Å². The van der Waals surface area contributed by atoms with Crippen molar-refractivity contribution >= 4 is 5.78 Å². The number of carbonyl (C=O) groups is 1. The zero-order valence-electron chi connectivity index (χ0n) is 10.6. The Labute approximate surface area is 102 Å². The van der Waals surface area contributed by atoms with Gasteiger partial charge in [0.2, 0.25) is 5.89 Å². The first-order valence-electron chi connectivity index (χ1n) is 6.38. The lowest BCUT2D eigenvalue weighted by molar-refractivity contribution is -0.116. The molecular formula is C13H20N2O2. The van der Waals surface area contributed by atoms with Crippen molar-refractivity contribution < 1.29 is 9.21 Å². The van der Waals surface area contributed by atoms with Gasteiger partial charge in [0.15, 0.2) is 0 Å². The topological polar surface area (TPSA) is 46.3 Å². The van der Waals surface area contributed by atoms with Gasteiger partial charge in [0, 0.05) is 0 Å². The van der Waals surface area contributed by atoms with Gasteiger partial charge < -0.3 is 4.42 Å². The summed E-state index contributed by atoms with van der Waals surface area (Å²) in [6.07, 6.45) is 5.63. The first-order valence-corrected chi connectivity index (χ1v) is 6.38. The van der Waals surface area contributed by atoms with E-state index in [1.54, 1.807) is 13.1 Å². The maximum absolute atomic E-state index is 11.0. The van der Waals surface area contributed by atoms with Crippen molar-refractivity contribution in [2.45, 2.75) is 45.6 Å². The van der Waals surface area contributed by atoms with Crippen LogP contribution < -0.4 is 0 Å². The molecule has 4 nitrogen and oxygen atoms in total. The fourth-order valence-corrected chi connectivity index (χ4v) is 2.45. The Balaban J connectivity index is 2.09. The molecule has 0 spiro atoms. The monoisotopic (exact) mass is 236 g/mol. The lowest BCUT2D eigenvalue weighted by atomic mass is 10.0. The number of rotatable bonds is 4. The Hall–Kier alpha value is -1.16. The number of Topliss-reactive ketones (excluding diaryl/α,β-unsaturated/α-hetero) is 1. The molecule has 1 aromatic heterocycles. The SMILES string of the molecule is CCN1CCCCC1c1ncc(CC(C)=O)o1. The molecule has 0 bridgehead atoms. The highest BCUT2D eigenvalue weighted by molar-refractivity contribution is 5.77. The minimum atomic E-state index is 0.115. The van der Waals surface area contributed by atoms with Crippen molar-refractivity contribution in [1.29, 1.82) is 0 Å². The van der Waals surface area contributed by atoms with Gasteiger partial charge in [-0.1, -0.05) is 13.3 Å². The normalized spacial score (nSPS) is 21.6. The van der Waals surface area contributed by atoms with Crippen LogP contribution in [0.3, 0.4) is 0 Å². The maximum atomic E-state index is 11.0. The second-order valence-corrected chi connectivity index (χ2v) is 4.68. The fraction of sp³-hybridized carbons (Fsp3) is 0.692. The third kappa shape index (κ3) is 2.94. The van der Waals surface area contributed by atoms with Crippen LogP contribution in [0.5, 0.6) is 0 Å². The van der Waals surface area contributed by atoms with Gasteiger partial charge in [-0.05, 0) is 32.9 Å². The summed E-state index contributed by atoms with van der Waals surface area (Å²) in [5.41, 5.74) is 0. The summed E-state index contributed by atoms with van der Waals surface area (Å²) in [7, 11) is 0. The van der Waals surface area contributed by atoms with Crippen molar-refractivity contribution in [1.82, 2.24) is 9.88 Å². The van der Waals surface area contributed by atoms with Gasteiger partial charge in [-0.3, -0.25) is 9.69 Å². The number of likely N-dealkylation sites (tertiary alicyclic amines) is 1. The number of carbonyl (C=O) groups excluding carboxylic acids is 1. The summed E-state index contributed by atoms with van der Waals surface area (Å²) in [6.45, 7) is 5.87. The molecule has 94 valence electrons. The van der Waals surface area contributed by atoms with Crippen molar-refractivity contribution in [2.75, 3.05) is 13.1 Å². The molecule has 1 saturated heterocycles. The predicted octanol–water partition coefficient (Wildman–Crippen LogP) is 2.35. The smallest absolute Gasteiger partial charge is 0.211 e. The second kappa shape index (κ2) is 5.45. The Morgan fingerprint density at radius 3 is 3.12 bits per heavy atom. The van der Waals surface area contributed by atoms with E-state index in [1.807, 2.05) is 0 Å². The average Bonchev–Trinajstić information content (AvgIpc) is 2.76. The number of hydrogen-bond donors (Lipinski definition) is 0. The van der Waals surface area contributed by atoms with E-state index >= 15 is 0 Å². The minimum Gasteiger partial charge on any atom is -0.444 e. The average molecular weight is 236 g/mol. The van der Waals surface area contributed by atoms with E-state index in [0.29, 0.717) is 18.2 Å². The summed E-state index contributed by atoms with van der Waals surface area (Å²) < 4.78 is 5.69. The third-order valence-corrected chi connectivity index (χ3v) is 3.30. The van der Waals surface area contributed by atoms with Crippen molar-refractivity contribution in [3.8, 4) is 0 Å². The van der Waals surface area contributed by atoms with Gasteiger partial charge in [0.25, 0.3) is 0 Å². The molecule has 1 atom stereocenters. The van der Waals surface area contributed by atoms with Crippen LogP contribution in [0, 0.1) is 0 Å². The summed E-state index contributed by atoms with van der Waals surface area (Å²) in [6, 6.07) is 0.300. The van der Waals surface area contributed by atoms with E-state index in [9.17, 15) is 4.79 Å².